The van der Waals surface area contributed by atoms with E-state index in [1.165, 1.54) is 0 Å². The van der Waals surface area contributed by atoms with Crippen LogP contribution in [0.5, 0.6) is 5.75 Å². The summed E-state index contributed by atoms with van der Waals surface area (Å²) in [6.07, 6.45) is 6.54. The van der Waals surface area contributed by atoms with Gasteiger partial charge in [-0.3, -0.25) is 10.00 Å². The molecule has 0 spiro atoms. The maximum Gasteiger partial charge on any atom is 0.208 e. The summed E-state index contributed by atoms with van der Waals surface area (Å²) in [5, 5.41) is 17.6. The summed E-state index contributed by atoms with van der Waals surface area (Å²) in [5.41, 5.74) is 4.80. The summed E-state index contributed by atoms with van der Waals surface area (Å²) in [5.74, 6) is 0.307. The van der Waals surface area contributed by atoms with Crippen LogP contribution in [0.3, 0.4) is 0 Å². The molecular formula is C26H29FN6O3S. The van der Waals surface area contributed by atoms with Crippen molar-refractivity contribution < 1.29 is 17.9 Å². The third-order valence-corrected chi connectivity index (χ3v) is 7.38. The summed E-state index contributed by atoms with van der Waals surface area (Å²) in [6.45, 7) is 4.49. The number of nitrogens with zero attached hydrogens (tertiary/aromatic N) is 3. The number of aromatic nitrogens is 4. The molecule has 1 aliphatic heterocycles. The van der Waals surface area contributed by atoms with E-state index in [1.54, 1.807) is 24.3 Å². The molecular weight excluding hydrogens is 495 g/mol. The molecule has 0 amide bonds. The molecule has 0 atom stereocenters. The Balaban J connectivity index is 1.36. The quantitative estimate of drug-likeness (QED) is 0.279. The zero-order chi connectivity index (χ0) is 26.2. The lowest BCUT2D eigenvalue weighted by atomic mass is 9.96. The van der Waals surface area contributed by atoms with Gasteiger partial charge in [0.15, 0.2) is 11.6 Å². The molecule has 3 heterocycles. The Kier molecular flexibility index (Phi) is 6.84. The van der Waals surface area contributed by atoms with E-state index < -0.39 is 15.8 Å². The Morgan fingerprint density at radius 1 is 1.22 bits per heavy atom. The monoisotopic (exact) mass is 524 g/mol. The first kappa shape index (κ1) is 25.1. The van der Waals surface area contributed by atoms with Crippen LogP contribution in [0.4, 0.5) is 4.39 Å². The predicted octanol–water partition coefficient (Wildman–Crippen LogP) is 3.67. The van der Waals surface area contributed by atoms with Gasteiger partial charge in [-0.1, -0.05) is 25.1 Å². The van der Waals surface area contributed by atoms with E-state index in [9.17, 15) is 13.5 Å². The van der Waals surface area contributed by atoms with Gasteiger partial charge in [-0.2, -0.15) is 5.10 Å². The average molecular weight is 525 g/mol. The lowest BCUT2D eigenvalue weighted by Gasteiger charge is -2.25. The van der Waals surface area contributed by atoms with Crippen molar-refractivity contribution >= 4 is 26.5 Å². The van der Waals surface area contributed by atoms with Crippen LogP contribution in [-0.2, 0) is 16.4 Å². The molecule has 194 valence electrons. The van der Waals surface area contributed by atoms with Gasteiger partial charge in [-0.05, 0) is 47.7 Å². The van der Waals surface area contributed by atoms with E-state index in [4.69, 9.17) is 4.98 Å². The van der Waals surface area contributed by atoms with E-state index in [-0.39, 0.29) is 5.75 Å². The summed E-state index contributed by atoms with van der Waals surface area (Å²) in [7, 11) is -3.18. The second-order valence-electron chi connectivity index (χ2n) is 9.20. The first-order valence-electron chi connectivity index (χ1n) is 12.1. The van der Waals surface area contributed by atoms with Crippen LogP contribution in [0.2, 0.25) is 0 Å². The minimum absolute atomic E-state index is 0.157. The van der Waals surface area contributed by atoms with Crippen molar-refractivity contribution in [3.8, 4) is 28.4 Å². The summed E-state index contributed by atoms with van der Waals surface area (Å²) < 4.78 is 40.6. The molecule has 11 heteroatoms. The molecule has 0 saturated heterocycles. The van der Waals surface area contributed by atoms with Gasteiger partial charge in [0.2, 0.25) is 10.0 Å². The van der Waals surface area contributed by atoms with Gasteiger partial charge in [0, 0.05) is 43.3 Å². The van der Waals surface area contributed by atoms with Crippen LogP contribution >= 0.6 is 0 Å². The fourth-order valence-corrected chi connectivity index (χ4v) is 5.18. The fraction of sp³-hybridized carbons (Fsp3) is 0.308. The van der Waals surface area contributed by atoms with Crippen molar-refractivity contribution in [2.45, 2.75) is 19.8 Å². The number of benzene rings is 2. The minimum atomic E-state index is -3.18. The second kappa shape index (κ2) is 10.1. The number of nitrogens with one attached hydrogen (secondary N) is 3. The van der Waals surface area contributed by atoms with Crippen LogP contribution in [0.15, 0.2) is 42.6 Å². The number of aromatic hydroxyl groups is 1. The van der Waals surface area contributed by atoms with Gasteiger partial charge >= 0.3 is 0 Å². The molecule has 4 aromatic rings. The number of hydrogen-bond donors (Lipinski definition) is 4. The SMILES string of the molecule is CCc1cc(O)ccc1-c1ccc2c(-c3nc(C4=CCN(CCNS(C)(=O)=O)CC4)c[nH]3)n[nH]c2c1F. The topological polar surface area (TPSA) is 127 Å². The van der Waals surface area contributed by atoms with Crippen molar-refractivity contribution in [2.24, 2.45) is 0 Å². The Bertz CT molecular complexity index is 1590. The molecule has 2 aromatic carbocycles. The Hall–Kier alpha value is -3.54. The number of H-pyrrole nitrogens is 2. The van der Waals surface area contributed by atoms with E-state index in [0.29, 0.717) is 54.0 Å². The Labute approximate surface area is 214 Å². The van der Waals surface area contributed by atoms with E-state index in [0.717, 1.165) is 41.6 Å². The molecule has 0 bridgehead atoms. The molecule has 0 radical (unpaired) electrons. The molecule has 0 saturated carbocycles. The van der Waals surface area contributed by atoms with Crippen molar-refractivity contribution in [1.29, 1.82) is 0 Å². The number of halogens is 1. The highest BCUT2D eigenvalue weighted by molar-refractivity contribution is 7.88. The van der Waals surface area contributed by atoms with Crippen LogP contribution in [-0.4, -0.2) is 71.0 Å². The van der Waals surface area contributed by atoms with Crippen molar-refractivity contribution in [3.63, 3.8) is 0 Å². The average Bonchev–Trinajstić information content (AvgIpc) is 3.52. The van der Waals surface area contributed by atoms with Crippen LogP contribution in [0.1, 0.15) is 24.6 Å². The van der Waals surface area contributed by atoms with Crippen LogP contribution < -0.4 is 4.72 Å². The number of aromatic amines is 2. The molecule has 37 heavy (non-hydrogen) atoms. The number of phenols is 1. The summed E-state index contributed by atoms with van der Waals surface area (Å²) in [4.78, 5) is 10.1. The predicted molar refractivity (Wildman–Crippen MR) is 142 cm³/mol. The molecule has 0 aliphatic carbocycles. The molecule has 0 unspecified atom stereocenters. The molecule has 1 aliphatic rings. The number of aryl methyl sites for hydroxylation is 1. The number of fused-ring (bicyclic) bond motifs is 1. The highest BCUT2D eigenvalue weighted by atomic mass is 32.2. The Morgan fingerprint density at radius 3 is 2.76 bits per heavy atom. The number of phenolic OH excluding ortho intramolecular Hbond substituents is 1. The van der Waals surface area contributed by atoms with Gasteiger partial charge in [-0.15, -0.1) is 0 Å². The number of rotatable bonds is 8. The van der Waals surface area contributed by atoms with Crippen molar-refractivity contribution in [3.05, 3.63) is 59.7 Å². The largest absolute Gasteiger partial charge is 0.508 e. The third-order valence-electron chi connectivity index (χ3n) is 6.65. The normalized spacial score (nSPS) is 14.8. The van der Waals surface area contributed by atoms with Crippen LogP contribution in [0.25, 0.3) is 39.1 Å². The van der Waals surface area contributed by atoms with E-state index >= 15 is 4.39 Å². The molecule has 4 N–H and O–H groups in total. The number of sulfonamides is 1. The number of imidazole rings is 1. The smallest absolute Gasteiger partial charge is 0.208 e. The first-order valence-corrected chi connectivity index (χ1v) is 14.0. The van der Waals surface area contributed by atoms with E-state index in [2.05, 4.69) is 30.9 Å². The molecule has 2 aromatic heterocycles. The van der Waals surface area contributed by atoms with Crippen LogP contribution in [0, 0.1) is 5.82 Å². The van der Waals surface area contributed by atoms with Gasteiger partial charge < -0.3 is 10.1 Å². The summed E-state index contributed by atoms with van der Waals surface area (Å²) in [6, 6.07) is 8.53. The maximum atomic E-state index is 15.6. The first-order chi connectivity index (χ1) is 17.7. The lowest BCUT2D eigenvalue weighted by molar-refractivity contribution is 0.306. The zero-order valence-corrected chi connectivity index (χ0v) is 21.5. The molecule has 5 rings (SSSR count). The lowest BCUT2D eigenvalue weighted by Crippen LogP contribution is -2.36. The maximum absolute atomic E-state index is 15.6. The van der Waals surface area contributed by atoms with Gasteiger partial charge in [0.05, 0.1) is 11.9 Å². The third kappa shape index (κ3) is 5.29. The number of hydrogen-bond acceptors (Lipinski definition) is 6. The Morgan fingerprint density at radius 2 is 2.03 bits per heavy atom. The van der Waals surface area contributed by atoms with Gasteiger partial charge in [-0.25, -0.2) is 22.5 Å². The van der Waals surface area contributed by atoms with Gasteiger partial charge in [0.25, 0.3) is 0 Å². The molecule has 0 fully saturated rings. The van der Waals surface area contributed by atoms with Crippen molar-refractivity contribution in [1.82, 2.24) is 29.8 Å². The second-order valence-corrected chi connectivity index (χ2v) is 11.0. The fourth-order valence-electron chi connectivity index (χ4n) is 4.72. The highest BCUT2D eigenvalue weighted by Gasteiger charge is 2.20. The van der Waals surface area contributed by atoms with E-state index in [1.807, 2.05) is 19.2 Å². The zero-order valence-electron chi connectivity index (χ0n) is 20.7. The standard InChI is InChI=1S/C26H29FN6O3S/c1-3-16-14-18(34)4-5-19(16)20-6-7-21-24(23(20)27)31-32-25(21)26-28-15-22(30-26)17-8-11-33(12-9-17)13-10-29-37(2,35)36/h4-8,14-15,29,34H,3,9-13H2,1-2H3,(H,28,30)(H,31,32). The molecule has 9 nitrogen and oxygen atoms in total. The van der Waals surface area contributed by atoms with Gasteiger partial charge in [0.1, 0.15) is 17.0 Å². The summed E-state index contributed by atoms with van der Waals surface area (Å²) >= 11 is 0. The highest BCUT2D eigenvalue weighted by Crippen LogP contribution is 2.35. The van der Waals surface area contributed by atoms with Crippen molar-refractivity contribution in [2.75, 3.05) is 32.4 Å². The minimum Gasteiger partial charge on any atom is -0.508 e.